The predicted octanol–water partition coefficient (Wildman–Crippen LogP) is -0.413. The predicted molar refractivity (Wildman–Crippen MR) is 113 cm³/mol. The van der Waals surface area contributed by atoms with E-state index in [1.165, 1.54) is 23.7 Å². The first-order valence-electron chi connectivity index (χ1n) is 9.43. The van der Waals surface area contributed by atoms with Crippen molar-refractivity contribution in [3.63, 3.8) is 0 Å². The van der Waals surface area contributed by atoms with Crippen LogP contribution in [0.2, 0.25) is 0 Å². The van der Waals surface area contributed by atoms with Gasteiger partial charge >= 0.3 is 0 Å². The number of dihydropyridines is 1. The van der Waals surface area contributed by atoms with E-state index in [9.17, 15) is 14.7 Å². The Balaban J connectivity index is 1.56. The fourth-order valence-electron chi connectivity index (χ4n) is 3.06. The number of amides is 2. The fourth-order valence-corrected chi connectivity index (χ4v) is 4.10. The van der Waals surface area contributed by atoms with Crippen molar-refractivity contribution >= 4 is 28.0 Å². The quantitative estimate of drug-likeness (QED) is 0.332. The Morgan fingerprint density at radius 3 is 2.90 bits per heavy atom. The molecule has 162 valence electrons. The Labute approximate surface area is 180 Å². The van der Waals surface area contributed by atoms with Crippen molar-refractivity contribution in [2.45, 2.75) is 25.6 Å². The Kier molecular flexibility index (Phi) is 5.59. The zero-order valence-corrected chi connectivity index (χ0v) is 17.3. The molecule has 31 heavy (non-hydrogen) atoms. The average Bonchev–Trinajstić information content (AvgIpc) is 3.44. The van der Waals surface area contributed by atoms with E-state index in [1.807, 2.05) is 6.92 Å². The van der Waals surface area contributed by atoms with Gasteiger partial charge in [-0.05, 0) is 13.0 Å². The number of nitrogens with one attached hydrogen (secondary N) is 2. The number of hydrogen-bond acceptors (Lipinski definition) is 8. The molecule has 0 aliphatic carbocycles. The minimum Gasteiger partial charge on any atom is -0.394 e. The summed E-state index contributed by atoms with van der Waals surface area (Å²) in [7, 11) is 0. The molecule has 3 aromatic rings. The third-order valence-electron chi connectivity index (χ3n) is 4.78. The summed E-state index contributed by atoms with van der Waals surface area (Å²) in [5.41, 5.74) is 7.32. The van der Waals surface area contributed by atoms with Gasteiger partial charge in [-0.3, -0.25) is 14.3 Å². The number of fused-ring (bicyclic) bond motifs is 1. The summed E-state index contributed by atoms with van der Waals surface area (Å²) in [6.45, 7) is 1.68. The number of aromatic nitrogens is 4. The first-order valence-corrected chi connectivity index (χ1v) is 10.2. The lowest BCUT2D eigenvalue weighted by Crippen LogP contribution is -2.38. The SMILES string of the molecule is CC1NC=C(C(N)=O)C=C1NC(=O)c1cnn2cc(-c3cnn(CC(O)CO)c3)sc12. The van der Waals surface area contributed by atoms with E-state index in [0.717, 1.165) is 10.4 Å². The number of thiazole rings is 1. The van der Waals surface area contributed by atoms with E-state index in [1.54, 1.807) is 33.9 Å². The first kappa shape index (κ1) is 20.8. The maximum atomic E-state index is 12.9. The molecule has 2 amide bonds. The summed E-state index contributed by atoms with van der Waals surface area (Å²) >= 11 is 1.37. The van der Waals surface area contributed by atoms with E-state index in [-0.39, 0.29) is 30.7 Å². The lowest BCUT2D eigenvalue weighted by atomic mass is 10.1. The van der Waals surface area contributed by atoms with Crippen LogP contribution in [0.15, 0.2) is 48.3 Å². The molecule has 2 atom stereocenters. The maximum Gasteiger partial charge on any atom is 0.260 e. The molecule has 0 aromatic carbocycles. The van der Waals surface area contributed by atoms with Gasteiger partial charge in [0, 0.05) is 29.9 Å². The summed E-state index contributed by atoms with van der Waals surface area (Å²) in [6, 6.07) is -0.197. The molecule has 0 saturated carbocycles. The molecule has 0 radical (unpaired) electrons. The first-order chi connectivity index (χ1) is 14.9. The number of aliphatic hydroxyl groups is 2. The smallest absolute Gasteiger partial charge is 0.260 e. The molecule has 0 bridgehead atoms. The van der Waals surface area contributed by atoms with E-state index < -0.39 is 12.0 Å². The molecular weight excluding hydrogens is 422 g/mol. The molecule has 2 unspecified atom stereocenters. The van der Waals surface area contributed by atoms with Gasteiger partial charge in [-0.15, -0.1) is 11.3 Å². The van der Waals surface area contributed by atoms with Gasteiger partial charge in [-0.25, -0.2) is 4.52 Å². The largest absolute Gasteiger partial charge is 0.394 e. The minimum atomic E-state index is -0.889. The highest BCUT2D eigenvalue weighted by atomic mass is 32.1. The van der Waals surface area contributed by atoms with Crippen molar-refractivity contribution in [1.82, 2.24) is 30.0 Å². The monoisotopic (exact) mass is 443 g/mol. The second-order valence-electron chi connectivity index (χ2n) is 7.10. The number of rotatable bonds is 7. The van der Waals surface area contributed by atoms with Gasteiger partial charge in [0.25, 0.3) is 5.91 Å². The number of nitrogens with zero attached hydrogens (tertiary/aromatic N) is 4. The number of aliphatic hydroxyl groups excluding tert-OH is 2. The molecule has 1 aliphatic rings. The Morgan fingerprint density at radius 2 is 2.16 bits per heavy atom. The summed E-state index contributed by atoms with van der Waals surface area (Å²) < 4.78 is 3.15. The highest BCUT2D eigenvalue weighted by Crippen LogP contribution is 2.30. The number of primary amides is 1. The van der Waals surface area contributed by atoms with Crippen molar-refractivity contribution in [1.29, 1.82) is 0 Å². The standard InChI is InChI=1S/C19H21N7O4S/c1-10-15(2-11(3-21-10)17(20)29)24-18(30)14-5-23-26-8-16(31-19(14)26)12-4-22-25(6-12)7-13(28)9-27/h2-6,8,10,13,21,27-28H,7,9H2,1H3,(H2,20,29)(H,24,30). The van der Waals surface area contributed by atoms with Crippen molar-refractivity contribution in [2.24, 2.45) is 5.73 Å². The van der Waals surface area contributed by atoms with Crippen LogP contribution in [0.1, 0.15) is 17.3 Å². The number of hydrogen-bond donors (Lipinski definition) is 5. The van der Waals surface area contributed by atoms with E-state index >= 15 is 0 Å². The topological polar surface area (TPSA) is 160 Å². The highest BCUT2D eigenvalue weighted by Gasteiger charge is 2.21. The highest BCUT2D eigenvalue weighted by molar-refractivity contribution is 7.21. The van der Waals surface area contributed by atoms with Crippen LogP contribution in [-0.4, -0.2) is 60.2 Å². The lowest BCUT2D eigenvalue weighted by molar-refractivity contribution is -0.114. The molecular formula is C19H21N7O4S. The van der Waals surface area contributed by atoms with Crippen molar-refractivity contribution in [2.75, 3.05) is 6.61 Å². The zero-order valence-electron chi connectivity index (χ0n) is 16.5. The molecule has 4 rings (SSSR count). The van der Waals surface area contributed by atoms with Gasteiger partial charge in [0.05, 0.1) is 53.7 Å². The normalized spacial score (nSPS) is 17.1. The Morgan fingerprint density at radius 1 is 1.35 bits per heavy atom. The van der Waals surface area contributed by atoms with Crippen LogP contribution in [0.3, 0.4) is 0 Å². The van der Waals surface area contributed by atoms with Gasteiger partial charge in [0.15, 0.2) is 0 Å². The Bertz CT molecular complexity index is 1210. The van der Waals surface area contributed by atoms with Crippen molar-refractivity contribution < 1.29 is 19.8 Å². The number of carbonyl (C=O) groups excluding carboxylic acids is 2. The summed E-state index contributed by atoms with van der Waals surface area (Å²) in [6.07, 6.45) is 8.86. The van der Waals surface area contributed by atoms with Crippen molar-refractivity contribution in [3.05, 3.63) is 53.9 Å². The average molecular weight is 443 g/mol. The number of nitrogens with two attached hydrogens (primary N) is 1. The molecule has 0 fully saturated rings. The lowest BCUT2D eigenvalue weighted by Gasteiger charge is -2.21. The third kappa shape index (κ3) is 4.21. The van der Waals surface area contributed by atoms with Gasteiger partial charge in [0.2, 0.25) is 5.91 Å². The van der Waals surface area contributed by atoms with Gasteiger partial charge < -0.3 is 26.6 Å². The third-order valence-corrected chi connectivity index (χ3v) is 5.94. The molecule has 0 saturated heterocycles. The molecule has 11 nitrogen and oxygen atoms in total. The summed E-state index contributed by atoms with van der Waals surface area (Å²) in [5, 5.41) is 32.8. The van der Waals surface area contributed by atoms with Crippen LogP contribution in [0, 0.1) is 0 Å². The number of carbonyl (C=O) groups is 2. The molecule has 3 aromatic heterocycles. The fraction of sp³-hybridized carbons (Fsp3) is 0.263. The van der Waals surface area contributed by atoms with Crippen LogP contribution in [0.4, 0.5) is 0 Å². The zero-order chi connectivity index (χ0) is 22.1. The van der Waals surface area contributed by atoms with Gasteiger partial charge in [-0.1, -0.05) is 0 Å². The summed E-state index contributed by atoms with van der Waals surface area (Å²) in [5.74, 6) is -0.940. The minimum absolute atomic E-state index is 0.176. The summed E-state index contributed by atoms with van der Waals surface area (Å²) in [4.78, 5) is 25.8. The van der Waals surface area contributed by atoms with E-state index in [4.69, 9.17) is 10.8 Å². The Hall–Kier alpha value is -3.48. The molecule has 6 N–H and O–H groups in total. The molecule has 0 spiro atoms. The van der Waals surface area contributed by atoms with E-state index in [2.05, 4.69) is 20.8 Å². The van der Waals surface area contributed by atoms with Crippen LogP contribution >= 0.6 is 11.3 Å². The van der Waals surface area contributed by atoms with Crippen molar-refractivity contribution in [3.8, 4) is 10.4 Å². The van der Waals surface area contributed by atoms with Crippen LogP contribution < -0.4 is 16.4 Å². The van der Waals surface area contributed by atoms with Crippen LogP contribution in [0.25, 0.3) is 15.3 Å². The molecule has 4 heterocycles. The van der Waals surface area contributed by atoms with Crippen LogP contribution in [0.5, 0.6) is 0 Å². The van der Waals surface area contributed by atoms with Gasteiger partial charge in [0.1, 0.15) is 4.83 Å². The van der Waals surface area contributed by atoms with Gasteiger partial charge in [-0.2, -0.15) is 10.2 Å². The molecule has 12 heteroatoms. The second-order valence-corrected chi connectivity index (χ2v) is 8.13. The van der Waals surface area contributed by atoms with Crippen LogP contribution in [-0.2, 0) is 11.3 Å². The second kappa shape index (κ2) is 8.34. The van der Waals surface area contributed by atoms with E-state index in [0.29, 0.717) is 16.1 Å². The maximum absolute atomic E-state index is 12.9. The molecule has 1 aliphatic heterocycles.